The van der Waals surface area contributed by atoms with E-state index in [1.165, 1.54) is 4.31 Å². The van der Waals surface area contributed by atoms with Gasteiger partial charge in [0.15, 0.2) is 0 Å². The molecule has 35 heavy (non-hydrogen) atoms. The lowest BCUT2D eigenvalue weighted by Crippen LogP contribution is -2.44. The van der Waals surface area contributed by atoms with Crippen molar-refractivity contribution < 1.29 is 18.0 Å². The number of aryl methyl sites for hydroxylation is 3. The van der Waals surface area contributed by atoms with Gasteiger partial charge >= 0.3 is 0 Å². The van der Waals surface area contributed by atoms with Crippen LogP contribution in [0, 0.1) is 26.7 Å². The summed E-state index contributed by atoms with van der Waals surface area (Å²) in [5, 5.41) is 2.93. The summed E-state index contributed by atoms with van der Waals surface area (Å²) in [5.74, 6) is -0.453. The van der Waals surface area contributed by atoms with Crippen molar-refractivity contribution in [1.82, 2.24) is 9.21 Å². The van der Waals surface area contributed by atoms with Crippen LogP contribution in [0.3, 0.4) is 0 Å². The number of benzene rings is 2. The maximum atomic E-state index is 13.5. The first-order valence-electron chi connectivity index (χ1n) is 12.4. The molecule has 2 amide bonds. The van der Waals surface area contributed by atoms with Crippen molar-refractivity contribution in [3.8, 4) is 0 Å². The summed E-state index contributed by atoms with van der Waals surface area (Å²) < 4.78 is 28.4. The molecule has 0 spiro atoms. The Morgan fingerprint density at radius 1 is 0.943 bits per heavy atom. The van der Waals surface area contributed by atoms with Crippen LogP contribution in [-0.2, 0) is 26.0 Å². The van der Waals surface area contributed by atoms with E-state index in [1.807, 2.05) is 49.9 Å². The molecule has 0 bridgehead atoms. The number of rotatable bonds is 6. The Kier molecular flexibility index (Phi) is 7.62. The van der Waals surface area contributed by atoms with Gasteiger partial charge in [-0.3, -0.25) is 9.59 Å². The number of likely N-dealkylation sites (tertiary alicyclic amines) is 1. The molecule has 2 aliphatic heterocycles. The van der Waals surface area contributed by atoms with Gasteiger partial charge in [-0.1, -0.05) is 29.8 Å². The zero-order valence-electron chi connectivity index (χ0n) is 20.8. The van der Waals surface area contributed by atoms with Crippen LogP contribution in [0.4, 0.5) is 5.69 Å². The number of nitrogens with one attached hydrogen (secondary N) is 1. The van der Waals surface area contributed by atoms with Gasteiger partial charge in [0.05, 0.1) is 17.2 Å². The van der Waals surface area contributed by atoms with Crippen molar-refractivity contribution in [2.75, 3.05) is 31.5 Å². The summed E-state index contributed by atoms with van der Waals surface area (Å²) in [6, 6.07) is 11.1. The van der Waals surface area contributed by atoms with E-state index in [0.29, 0.717) is 36.4 Å². The minimum absolute atomic E-state index is 0.141. The Hall–Kier alpha value is -2.71. The third-order valence-corrected chi connectivity index (χ3v) is 9.16. The summed E-state index contributed by atoms with van der Waals surface area (Å²) in [4.78, 5) is 27.6. The van der Waals surface area contributed by atoms with E-state index in [2.05, 4.69) is 5.32 Å². The third-order valence-electron chi connectivity index (χ3n) is 6.99. The standard InChI is InChI=1S/C27H35N3O4S/c1-19-15-20(2)26(21(3)16-19)35(33,34)30-14-6-7-23(18-30)27(32)28-24-10-8-22(9-11-24)17-25(31)29-12-4-5-13-29/h8-11,15-16,23H,4-7,12-14,17-18H2,1-3H3,(H,28,32). The van der Waals surface area contributed by atoms with Gasteiger partial charge in [0.25, 0.3) is 0 Å². The molecular formula is C27H35N3O4S. The average molecular weight is 498 g/mol. The number of hydrogen-bond acceptors (Lipinski definition) is 4. The van der Waals surface area contributed by atoms with Crippen LogP contribution in [0.5, 0.6) is 0 Å². The third kappa shape index (κ3) is 5.76. The van der Waals surface area contributed by atoms with Crippen LogP contribution in [0.1, 0.15) is 47.9 Å². The lowest BCUT2D eigenvalue weighted by Gasteiger charge is -2.32. The van der Waals surface area contributed by atoms with Crippen molar-refractivity contribution in [2.24, 2.45) is 5.92 Å². The van der Waals surface area contributed by atoms with Crippen LogP contribution in [0.25, 0.3) is 0 Å². The number of nitrogens with zero attached hydrogens (tertiary/aromatic N) is 2. The Bertz CT molecular complexity index is 1180. The van der Waals surface area contributed by atoms with Crippen molar-refractivity contribution in [1.29, 1.82) is 0 Å². The molecule has 1 N–H and O–H groups in total. The van der Waals surface area contributed by atoms with Crippen LogP contribution >= 0.6 is 0 Å². The monoisotopic (exact) mass is 497 g/mol. The van der Waals surface area contributed by atoms with Crippen molar-refractivity contribution in [3.63, 3.8) is 0 Å². The highest BCUT2D eigenvalue weighted by atomic mass is 32.2. The largest absolute Gasteiger partial charge is 0.342 e. The van der Waals surface area contributed by atoms with E-state index in [-0.39, 0.29) is 18.4 Å². The molecule has 0 aromatic heterocycles. The highest BCUT2D eigenvalue weighted by Crippen LogP contribution is 2.29. The number of carbonyl (C=O) groups excluding carboxylic acids is 2. The summed E-state index contributed by atoms with van der Waals surface area (Å²) in [6.07, 6.45) is 3.79. The van der Waals surface area contributed by atoms with Crippen LogP contribution in [0.15, 0.2) is 41.3 Å². The molecule has 1 atom stereocenters. The lowest BCUT2D eigenvalue weighted by molar-refractivity contribution is -0.129. The highest BCUT2D eigenvalue weighted by molar-refractivity contribution is 7.89. The summed E-state index contributed by atoms with van der Waals surface area (Å²) in [6.45, 7) is 7.86. The van der Waals surface area contributed by atoms with Gasteiger partial charge in [-0.25, -0.2) is 8.42 Å². The molecule has 8 heteroatoms. The molecule has 2 saturated heterocycles. The first-order chi connectivity index (χ1) is 16.6. The predicted molar refractivity (Wildman–Crippen MR) is 137 cm³/mol. The van der Waals surface area contributed by atoms with Gasteiger partial charge < -0.3 is 10.2 Å². The highest BCUT2D eigenvalue weighted by Gasteiger charge is 2.35. The van der Waals surface area contributed by atoms with Gasteiger partial charge in [-0.05, 0) is 75.3 Å². The molecule has 2 aromatic rings. The molecule has 2 aromatic carbocycles. The Morgan fingerprint density at radius 3 is 2.20 bits per heavy atom. The topological polar surface area (TPSA) is 86.8 Å². The van der Waals surface area contributed by atoms with E-state index in [9.17, 15) is 18.0 Å². The fraction of sp³-hybridized carbons (Fsp3) is 0.481. The Balaban J connectivity index is 1.39. The molecule has 2 aliphatic rings. The van der Waals surface area contributed by atoms with E-state index >= 15 is 0 Å². The van der Waals surface area contributed by atoms with Crippen molar-refractivity contribution in [2.45, 2.75) is 57.8 Å². The molecule has 2 fully saturated rings. The number of carbonyl (C=O) groups is 2. The fourth-order valence-corrected chi connectivity index (χ4v) is 7.22. The van der Waals surface area contributed by atoms with Gasteiger partial charge in [-0.2, -0.15) is 4.31 Å². The number of amides is 2. The van der Waals surface area contributed by atoms with Crippen LogP contribution < -0.4 is 5.32 Å². The van der Waals surface area contributed by atoms with E-state index in [4.69, 9.17) is 0 Å². The van der Waals surface area contributed by atoms with E-state index in [1.54, 1.807) is 12.1 Å². The van der Waals surface area contributed by atoms with Crippen LogP contribution in [0.2, 0.25) is 0 Å². The average Bonchev–Trinajstić information content (AvgIpc) is 3.35. The number of anilines is 1. The number of sulfonamides is 1. The first-order valence-corrected chi connectivity index (χ1v) is 13.8. The van der Waals surface area contributed by atoms with E-state index in [0.717, 1.165) is 48.2 Å². The second-order valence-electron chi connectivity index (χ2n) is 9.88. The molecule has 7 nitrogen and oxygen atoms in total. The SMILES string of the molecule is Cc1cc(C)c(S(=O)(=O)N2CCCC(C(=O)Nc3ccc(CC(=O)N4CCCC4)cc3)C2)c(C)c1. The predicted octanol–water partition coefficient (Wildman–Crippen LogP) is 3.82. The molecule has 2 heterocycles. The molecule has 0 saturated carbocycles. The van der Waals surface area contributed by atoms with Gasteiger partial charge in [0, 0.05) is 31.9 Å². The molecule has 1 unspecified atom stereocenters. The summed E-state index contributed by atoms with van der Waals surface area (Å²) in [5.41, 5.74) is 4.06. The first kappa shape index (κ1) is 25.4. The fourth-order valence-electron chi connectivity index (χ4n) is 5.28. The lowest BCUT2D eigenvalue weighted by atomic mass is 9.98. The van der Waals surface area contributed by atoms with Crippen molar-refractivity contribution >= 4 is 27.5 Å². The molecular weight excluding hydrogens is 462 g/mol. The zero-order chi connectivity index (χ0) is 25.2. The molecule has 188 valence electrons. The Labute approximate surface area is 208 Å². The zero-order valence-corrected chi connectivity index (χ0v) is 21.7. The minimum Gasteiger partial charge on any atom is -0.342 e. The molecule has 0 radical (unpaired) electrons. The second-order valence-corrected chi connectivity index (χ2v) is 11.8. The Morgan fingerprint density at radius 2 is 1.57 bits per heavy atom. The van der Waals surface area contributed by atoms with Gasteiger partial charge in [0.2, 0.25) is 21.8 Å². The minimum atomic E-state index is -3.69. The molecule has 0 aliphatic carbocycles. The number of piperidine rings is 1. The van der Waals surface area contributed by atoms with Crippen LogP contribution in [-0.4, -0.2) is 55.6 Å². The van der Waals surface area contributed by atoms with E-state index < -0.39 is 15.9 Å². The summed E-state index contributed by atoms with van der Waals surface area (Å²) >= 11 is 0. The normalized spacial score (nSPS) is 19.1. The summed E-state index contributed by atoms with van der Waals surface area (Å²) in [7, 11) is -3.69. The number of hydrogen-bond donors (Lipinski definition) is 1. The van der Waals surface area contributed by atoms with Gasteiger partial charge in [-0.15, -0.1) is 0 Å². The maximum absolute atomic E-state index is 13.5. The van der Waals surface area contributed by atoms with Gasteiger partial charge in [0.1, 0.15) is 0 Å². The van der Waals surface area contributed by atoms with Crippen molar-refractivity contribution in [3.05, 3.63) is 58.7 Å². The molecule has 4 rings (SSSR count). The quantitative estimate of drug-likeness (QED) is 0.657. The maximum Gasteiger partial charge on any atom is 0.243 e. The smallest absolute Gasteiger partial charge is 0.243 e. The second kappa shape index (κ2) is 10.5.